The van der Waals surface area contributed by atoms with E-state index >= 15 is 0 Å². The summed E-state index contributed by atoms with van der Waals surface area (Å²) in [6, 6.07) is 4.80. The molecule has 0 unspecified atom stereocenters. The standard InChI is InChI=1S/C16H23NO5/c1-10(2)11(3)17-15(18)9-22-16(19)13-8-12(20-4)6-7-14(13)21-5/h6-8,10-11H,9H2,1-5H3,(H,17,18)/t11-/m1/s1. The molecule has 122 valence electrons. The molecule has 1 atom stereocenters. The van der Waals surface area contributed by atoms with Crippen molar-refractivity contribution < 1.29 is 23.8 Å². The van der Waals surface area contributed by atoms with Crippen molar-refractivity contribution in [1.82, 2.24) is 5.32 Å². The molecule has 6 nitrogen and oxygen atoms in total. The van der Waals surface area contributed by atoms with Crippen molar-refractivity contribution in [3.63, 3.8) is 0 Å². The Morgan fingerprint density at radius 3 is 2.36 bits per heavy atom. The van der Waals surface area contributed by atoms with E-state index in [1.54, 1.807) is 12.1 Å². The van der Waals surface area contributed by atoms with Crippen molar-refractivity contribution in [3.05, 3.63) is 23.8 Å². The zero-order valence-corrected chi connectivity index (χ0v) is 13.6. The van der Waals surface area contributed by atoms with E-state index in [1.807, 2.05) is 20.8 Å². The van der Waals surface area contributed by atoms with Crippen molar-refractivity contribution >= 4 is 11.9 Å². The van der Waals surface area contributed by atoms with Gasteiger partial charge in [0.15, 0.2) is 6.61 Å². The summed E-state index contributed by atoms with van der Waals surface area (Å²) in [7, 11) is 2.95. The van der Waals surface area contributed by atoms with E-state index in [0.717, 1.165) is 0 Å². The van der Waals surface area contributed by atoms with Gasteiger partial charge in [0, 0.05) is 6.04 Å². The summed E-state index contributed by atoms with van der Waals surface area (Å²) in [5.74, 6) is 0.199. The predicted molar refractivity (Wildman–Crippen MR) is 82.3 cm³/mol. The maximum atomic E-state index is 12.1. The van der Waals surface area contributed by atoms with Gasteiger partial charge in [0.2, 0.25) is 0 Å². The number of hydrogen-bond acceptors (Lipinski definition) is 5. The van der Waals surface area contributed by atoms with E-state index in [0.29, 0.717) is 17.4 Å². The highest BCUT2D eigenvalue weighted by atomic mass is 16.5. The number of carbonyl (C=O) groups excluding carboxylic acids is 2. The number of ether oxygens (including phenoxy) is 3. The van der Waals surface area contributed by atoms with Crippen LogP contribution < -0.4 is 14.8 Å². The number of carbonyl (C=O) groups is 2. The lowest BCUT2D eigenvalue weighted by Gasteiger charge is -2.17. The normalized spacial score (nSPS) is 11.7. The predicted octanol–water partition coefficient (Wildman–Crippen LogP) is 2.02. The van der Waals surface area contributed by atoms with E-state index < -0.39 is 5.97 Å². The van der Waals surface area contributed by atoms with Gasteiger partial charge in [-0.2, -0.15) is 0 Å². The fourth-order valence-electron chi connectivity index (χ4n) is 1.64. The maximum absolute atomic E-state index is 12.1. The van der Waals surface area contributed by atoms with Crippen LogP contribution in [0.2, 0.25) is 0 Å². The highest BCUT2D eigenvalue weighted by molar-refractivity contribution is 5.94. The van der Waals surface area contributed by atoms with Crippen LogP contribution in [0, 0.1) is 5.92 Å². The van der Waals surface area contributed by atoms with Crippen LogP contribution in [0.15, 0.2) is 18.2 Å². The van der Waals surface area contributed by atoms with Gasteiger partial charge in [-0.15, -0.1) is 0 Å². The van der Waals surface area contributed by atoms with Crippen LogP contribution in [0.3, 0.4) is 0 Å². The van der Waals surface area contributed by atoms with E-state index in [-0.39, 0.29) is 24.1 Å². The molecule has 6 heteroatoms. The molecule has 0 saturated heterocycles. The fraction of sp³-hybridized carbons (Fsp3) is 0.500. The SMILES string of the molecule is COc1ccc(OC)c(C(=O)OCC(=O)N[C@H](C)C(C)C)c1. The van der Waals surface area contributed by atoms with Gasteiger partial charge >= 0.3 is 5.97 Å². The zero-order valence-electron chi connectivity index (χ0n) is 13.6. The molecule has 0 aliphatic heterocycles. The molecule has 1 aromatic carbocycles. The van der Waals surface area contributed by atoms with Gasteiger partial charge in [0.25, 0.3) is 5.91 Å². The highest BCUT2D eigenvalue weighted by Gasteiger charge is 2.17. The molecule has 0 saturated carbocycles. The number of rotatable bonds is 7. The second-order valence-electron chi connectivity index (χ2n) is 5.24. The molecule has 0 spiro atoms. The van der Waals surface area contributed by atoms with Crippen LogP contribution in [0.25, 0.3) is 0 Å². The molecule has 1 amide bonds. The van der Waals surface area contributed by atoms with Crippen molar-refractivity contribution in [1.29, 1.82) is 0 Å². The molecule has 22 heavy (non-hydrogen) atoms. The fourth-order valence-corrected chi connectivity index (χ4v) is 1.64. The molecule has 0 aliphatic rings. The second kappa shape index (κ2) is 8.26. The third-order valence-electron chi connectivity index (χ3n) is 3.35. The van der Waals surface area contributed by atoms with E-state index in [9.17, 15) is 9.59 Å². The smallest absolute Gasteiger partial charge is 0.342 e. The first-order valence-electron chi connectivity index (χ1n) is 7.07. The molecule has 0 radical (unpaired) electrons. The summed E-state index contributed by atoms with van der Waals surface area (Å²) in [5.41, 5.74) is 0.214. The summed E-state index contributed by atoms with van der Waals surface area (Å²) in [5, 5.41) is 2.77. The van der Waals surface area contributed by atoms with Crippen LogP contribution in [0.1, 0.15) is 31.1 Å². The van der Waals surface area contributed by atoms with Gasteiger partial charge in [-0.3, -0.25) is 4.79 Å². The molecule has 0 bridgehead atoms. The summed E-state index contributed by atoms with van der Waals surface area (Å²) in [4.78, 5) is 23.8. The molecule has 1 N–H and O–H groups in total. The van der Waals surface area contributed by atoms with E-state index in [1.165, 1.54) is 20.3 Å². The van der Waals surface area contributed by atoms with Crippen molar-refractivity contribution in [2.45, 2.75) is 26.8 Å². The summed E-state index contributed by atoms with van der Waals surface area (Å²) >= 11 is 0. The Balaban J connectivity index is 2.67. The minimum atomic E-state index is -0.636. The number of nitrogens with one attached hydrogen (secondary N) is 1. The number of amides is 1. The minimum absolute atomic E-state index is 0.0116. The van der Waals surface area contributed by atoms with Gasteiger partial charge in [-0.25, -0.2) is 4.79 Å². The van der Waals surface area contributed by atoms with Crippen LogP contribution in [-0.4, -0.2) is 38.7 Å². The number of hydrogen-bond donors (Lipinski definition) is 1. The molecule has 0 aromatic heterocycles. The summed E-state index contributed by atoms with van der Waals surface area (Å²) < 4.78 is 15.2. The molecule has 0 fully saturated rings. The Kier molecular flexibility index (Phi) is 6.69. The van der Waals surface area contributed by atoms with Crippen LogP contribution in [-0.2, 0) is 9.53 Å². The quantitative estimate of drug-likeness (QED) is 0.780. The highest BCUT2D eigenvalue weighted by Crippen LogP contribution is 2.24. The third kappa shape index (κ3) is 4.95. The average Bonchev–Trinajstić information content (AvgIpc) is 2.51. The number of esters is 1. The van der Waals surface area contributed by atoms with Gasteiger partial charge in [-0.05, 0) is 31.0 Å². The minimum Gasteiger partial charge on any atom is -0.497 e. The van der Waals surface area contributed by atoms with Crippen molar-refractivity contribution in [2.75, 3.05) is 20.8 Å². The zero-order chi connectivity index (χ0) is 16.7. The Morgan fingerprint density at radius 2 is 1.82 bits per heavy atom. The maximum Gasteiger partial charge on any atom is 0.342 e. The van der Waals surface area contributed by atoms with Gasteiger partial charge < -0.3 is 19.5 Å². The second-order valence-corrected chi connectivity index (χ2v) is 5.24. The summed E-state index contributed by atoms with van der Waals surface area (Å²) in [6.45, 7) is 5.56. The average molecular weight is 309 g/mol. The topological polar surface area (TPSA) is 73.9 Å². The largest absolute Gasteiger partial charge is 0.497 e. The molecule has 0 aliphatic carbocycles. The van der Waals surface area contributed by atoms with E-state index in [2.05, 4.69) is 5.32 Å². The van der Waals surface area contributed by atoms with Crippen molar-refractivity contribution in [3.8, 4) is 11.5 Å². The third-order valence-corrected chi connectivity index (χ3v) is 3.35. The molecular formula is C16H23NO5. The molecule has 0 heterocycles. The lowest BCUT2D eigenvalue weighted by molar-refractivity contribution is -0.125. The Morgan fingerprint density at radius 1 is 1.14 bits per heavy atom. The first-order chi connectivity index (χ1) is 10.4. The first kappa shape index (κ1) is 17.8. The summed E-state index contributed by atoms with van der Waals surface area (Å²) in [6.07, 6.45) is 0. The van der Waals surface area contributed by atoms with E-state index in [4.69, 9.17) is 14.2 Å². The van der Waals surface area contributed by atoms with Gasteiger partial charge in [-0.1, -0.05) is 13.8 Å². The lowest BCUT2D eigenvalue weighted by Crippen LogP contribution is -2.38. The molecule has 1 rings (SSSR count). The molecule has 1 aromatic rings. The van der Waals surface area contributed by atoms with Crippen LogP contribution in [0.5, 0.6) is 11.5 Å². The lowest BCUT2D eigenvalue weighted by atomic mass is 10.1. The van der Waals surface area contributed by atoms with Gasteiger partial charge in [0.1, 0.15) is 17.1 Å². The number of benzene rings is 1. The Bertz CT molecular complexity index is 527. The van der Waals surface area contributed by atoms with Gasteiger partial charge in [0.05, 0.1) is 14.2 Å². The Hall–Kier alpha value is -2.24. The molecular weight excluding hydrogens is 286 g/mol. The Labute approximate surface area is 130 Å². The monoisotopic (exact) mass is 309 g/mol. The van der Waals surface area contributed by atoms with Crippen molar-refractivity contribution in [2.24, 2.45) is 5.92 Å². The van der Waals surface area contributed by atoms with Crippen LogP contribution in [0.4, 0.5) is 0 Å². The first-order valence-corrected chi connectivity index (χ1v) is 7.07. The number of methoxy groups -OCH3 is 2. The van der Waals surface area contributed by atoms with Crippen LogP contribution >= 0.6 is 0 Å².